The monoisotopic (exact) mass is 243 g/mol. The van der Waals surface area contributed by atoms with E-state index in [1.165, 1.54) is 28.7 Å². The minimum atomic E-state index is 0.686. The van der Waals surface area contributed by atoms with Gasteiger partial charge in [-0.25, -0.2) is 4.98 Å². The lowest BCUT2D eigenvalue weighted by molar-refractivity contribution is 0.602. The Kier molecular flexibility index (Phi) is 4.89. The van der Waals surface area contributed by atoms with Gasteiger partial charge in [-0.3, -0.25) is 0 Å². The van der Waals surface area contributed by atoms with E-state index < -0.39 is 0 Å². The molecule has 3 nitrogen and oxygen atoms in total. The molecule has 1 saturated heterocycles. The molecule has 2 heterocycles. The molecule has 0 aliphatic carbocycles. The molecule has 2 rings (SSSR count). The summed E-state index contributed by atoms with van der Waals surface area (Å²) >= 11 is 4.14. The van der Waals surface area contributed by atoms with Gasteiger partial charge >= 0.3 is 0 Å². The highest BCUT2D eigenvalue weighted by molar-refractivity contribution is 8.03. The highest BCUT2D eigenvalue weighted by atomic mass is 32.2. The number of thioether (sulfide) groups is 2. The van der Waals surface area contributed by atoms with E-state index in [0.29, 0.717) is 6.04 Å². The first-order valence-electron chi connectivity index (χ1n) is 5.31. The minimum Gasteiger partial charge on any atom is -0.348 e. The van der Waals surface area contributed by atoms with E-state index in [0.717, 1.165) is 13.0 Å². The van der Waals surface area contributed by atoms with Crippen LogP contribution in [0.4, 0.5) is 0 Å². The number of H-pyrrole nitrogens is 1. The summed E-state index contributed by atoms with van der Waals surface area (Å²) < 4.78 is 0. The third-order valence-electron chi connectivity index (χ3n) is 2.39. The number of nitrogens with zero attached hydrogens (tertiary/aromatic N) is 1. The Hall–Kier alpha value is -0.130. The second-order valence-corrected chi connectivity index (χ2v) is 5.93. The van der Waals surface area contributed by atoms with Gasteiger partial charge < -0.3 is 10.3 Å². The molecule has 2 N–H and O–H groups in total. The highest BCUT2D eigenvalue weighted by Gasteiger charge is 2.11. The average molecular weight is 243 g/mol. The van der Waals surface area contributed by atoms with E-state index in [1.54, 1.807) is 6.33 Å². The summed E-state index contributed by atoms with van der Waals surface area (Å²) in [6.07, 6.45) is 4.69. The molecule has 1 aliphatic heterocycles. The van der Waals surface area contributed by atoms with Crippen molar-refractivity contribution in [3.05, 3.63) is 18.2 Å². The van der Waals surface area contributed by atoms with E-state index >= 15 is 0 Å². The molecule has 0 bridgehead atoms. The zero-order valence-corrected chi connectivity index (χ0v) is 10.4. The molecule has 1 fully saturated rings. The molecular formula is C10H17N3S2. The van der Waals surface area contributed by atoms with Crippen LogP contribution in [0.25, 0.3) is 0 Å². The number of aromatic amines is 1. The van der Waals surface area contributed by atoms with Crippen molar-refractivity contribution in [3.63, 3.8) is 0 Å². The lowest BCUT2D eigenvalue weighted by Gasteiger charge is -2.14. The summed E-state index contributed by atoms with van der Waals surface area (Å²) in [5.41, 5.74) is 1.22. The summed E-state index contributed by atoms with van der Waals surface area (Å²) in [7, 11) is 0. The van der Waals surface area contributed by atoms with Crippen molar-refractivity contribution >= 4 is 23.5 Å². The largest absolute Gasteiger partial charge is 0.348 e. The topological polar surface area (TPSA) is 40.7 Å². The highest BCUT2D eigenvalue weighted by Crippen LogP contribution is 2.16. The average Bonchev–Trinajstić information content (AvgIpc) is 2.62. The Morgan fingerprint density at radius 3 is 2.87 bits per heavy atom. The maximum Gasteiger partial charge on any atom is 0.0921 e. The van der Waals surface area contributed by atoms with Crippen molar-refractivity contribution < 1.29 is 0 Å². The number of hydrogen-bond donors (Lipinski definition) is 2. The molecule has 1 aromatic rings. The molecule has 84 valence electrons. The SMILES string of the molecule is c1ncc(CCNC2CSCCSC2)[nH]1. The first kappa shape index (κ1) is 11.4. The second kappa shape index (κ2) is 6.45. The minimum absolute atomic E-state index is 0.686. The van der Waals surface area contributed by atoms with Crippen molar-refractivity contribution in [2.75, 3.05) is 29.6 Å². The standard InChI is InChI=1S/C10H17N3S2/c1(9-5-11-8-13-9)2-12-10-6-14-3-4-15-7-10/h5,8,10,12H,1-4,6-7H2,(H,11,13). The van der Waals surface area contributed by atoms with E-state index in [1.807, 2.05) is 6.20 Å². The lowest BCUT2D eigenvalue weighted by atomic mass is 10.3. The molecule has 1 aromatic heterocycles. The lowest BCUT2D eigenvalue weighted by Crippen LogP contribution is -2.34. The predicted octanol–water partition coefficient (Wildman–Crippen LogP) is 1.39. The van der Waals surface area contributed by atoms with E-state index in [9.17, 15) is 0 Å². The molecule has 1 aliphatic rings. The molecule has 0 atom stereocenters. The quantitative estimate of drug-likeness (QED) is 0.838. The van der Waals surface area contributed by atoms with Gasteiger partial charge in [0.25, 0.3) is 0 Å². The zero-order valence-electron chi connectivity index (χ0n) is 8.74. The van der Waals surface area contributed by atoms with E-state index in [-0.39, 0.29) is 0 Å². The Labute approximate surface area is 99.2 Å². The molecule has 0 spiro atoms. The van der Waals surface area contributed by atoms with Crippen LogP contribution in [0.1, 0.15) is 5.69 Å². The maximum atomic E-state index is 4.01. The van der Waals surface area contributed by atoms with Crippen molar-refractivity contribution in [3.8, 4) is 0 Å². The van der Waals surface area contributed by atoms with Gasteiger partial charge in [0.15, 0.2) is 0 Å². The summed E-state index contributed by atoms with van der Waals surface area (Å²) in [6.45, 7) is 1.05. The first-order valence-corrected chi connectivity index (χ1v) is 7.62. The van der Waals surface area contributed by atoms with Gasteiger partial charge in [-0.1, -0.05) is 0 Å². The normalized spacial score (nSPS) is 18.9. The number of imidazole rings is 1. The van der Waals surface area contributed by atoms with Gasteiger partial charge in [-0.05, 0) is 0 Å². The van der Waals surface area contributed by atoms with E-state index in [4.69, 9.17) is 0 Å². The van der Waals surface area contributed by atoms with Gasteiger partial charge in [0.2, 0.25) is 0 Å². The number of nitrogens with one attached hydrogen (secondary N) is 2. The van der Waals surface area contributed by atoms with Crippen LogP contribution in [0.15, 0.2) is 12.5 Å². The summed E-state index contributed by atoms with van der Waals surface area (Å²) in [4.78, 5) is 7.14. The number of rotatable bonds is 4. The third kappa shape index (κ3) is 4.09. The fourth-order valence-electron chi connectivity index (χ4n) is 1.57. The molecule has 0 unspecified atom stereocenters. The summed E-state index contributed by atoms with van der Waals surface area (Å²) in [5, 5.41) is 3.61. The molecule has 5 heteroatoms. The molecule has 0 radical (unpaired) electrons. The molecule has 15 heavy (non-hydrogen) atoms. The van der Waals surface area contributed by atoms with Gasteiger partial charge in [0, 0.05) is 53.9 Å². The Morgan fingerprint density at radius 1 is 1.40 bits per heavy atom. The Bertz CT molecular complexity index is 256. The van der Waals surface area contributed by atoms with Crippen LogP contribution in [0.3, 0.4) is 0 Å². The van der Waals surface area contributed by atoms with Crippen molar-refractivity contribution in [2.45, 2.75) is 12.5 Å². The van der Waals surface area contributed by atoms with Crippen molar-refractivity contribution in [1.29, 1.82) is 0 Å². The van der Waals surface area contributed by atoms with Crippen molar-refractivity contribution in [2.24, 2.45) is 0 Å². The van der Waals surface area contributed by atoms with Crippen LogP contribution in [0, 0.1) is 0 Å². The molecule has 0 aromatic carbocycles. The maximum absolute atomic E-state index is 4.01. The van der Waals surface area contributed by atoms with Crippen LogP contribution in [-0.4, -0.2) is 45.6 Å². The summed E-state index contributed by atoms with van der Waals surface area (Å²) in [6, 6.07) is 0.686. The first-order chi connectivity index (χ1) is 7.45. The molecule has 0 amide bonds. The number of hydrogen-bond acceptors (Lipinski definition) is 4. The Morgan fingerprint density at radius 2 is 2.20 bits per heavy atom. The molecular weight excluding hydrogens is 226 g/mol. The predicted molar refractivity (Wildman–Crippen MR) is 68.7 cm³/mol. The van der Waals surface area contributed by atoms with Crippen LogP contribution < -0.4 is 5.32 Å². The smallest absolute Gasteiger partial charge is 0.0921 e. The Balaban J connectivity index is 1.64. The van der Waals surface area contributed by atoms with Gasteiger partial charge in [0.1, 0.15) is 0 Å². The third-order valence-corrected chi connectivity index (χ3v) is 4.91. The summed E-state index contributed by atoms with van der Waals surface area (Å²) in [5.74, 6) is 5.14. The van der Waals surface area contributed by atoms with Crippen LogP contribution in [-0.2, 0) is 6.42 Å². The van der Waals surface area contributed by atoms with Gasteiger partial charge in [0.05, 0.1) is 6.33 Å². The van der Waals surface area contributed by atoms with Crippen LogP contribution in [0.2, 0.25) is 0 Å². The fourth-order valence-corrected chi connectivity index (χ4v) is 4.03. The van der Waals surface area contributed by atoms with Gasteiger partial charge in [-0.15, -0.1) is 0 Å². The van der Waals surface area contributed by atoms with Crippen molar-refractivity contribution in [1.82, 2.24) is 15.3 Å². The van der Waals surface area contributed by atoms with E-state index in [2.05, 4.69) is 38.8 Å². The second-order valence-electron chi connectivity index (χ2n) is 3.63. The zero-order chi connectivity index (χ0) is 10.3. The fraction of sp³-hybridized carbons (Fsp3) is 0.700. The molecule has 0 saturated carbocycles. The van der Waals surface area contributed by atoms with Gasteiger partial charge in [-0.2, -0.15) is 23.5 Å². The number of aromatic nitrogens is 2. The van der Waals surface area contributed by atoms with Crippen LogP contribution >= 0.6 is 23.5 Å². The van der Waals surface area contributed by atoms with Crippen LogP contribution in [0.5, 0.6) is 0 Å².